The molecule has 0 aliphatic carbocycles. The zero-order valence-electron chi connectivity index (χ0n) is 14.5. The molecule has 7 nitrogen and oxygen atoms in total. The lowest BCUT2D eigenvalue weighted by Crippen LogP contribution is -2.22. The molecule has 142 valence electrons. The first kappa shape index (κ1) is 19.3. The minimum Gasteiger partial charge on any atom is -0.431 e. The molecule has 0 aliphatic rings. The fraction of sp³-hybridized carbons (Fsp3) is 0.176. The molecular weight excluding hydrogens is 393 g/mol. The number of amides is 1. The molecule has 1 N–H and O–H groups in total. The van der Waals surface area contributed by atoms with Gasteiger partial charge in [-0.05, 0) is 42.5 Å². The fourth-order valence-corrected chi connectivity index (χ4v) is 3.74. The minimum atomic E-state index is -3.57. The van der Waals surface area contributed by atoms with E-state index in [1.54, 1.807) is 0 Å². The summed E-state index contributed by atoms with van der Waals surface area (Å²) >= 11 is 1.07. The van der Waals surface area contributed by atoms with E-state index in [-0.39, 0.29) is 27.6 Å². The van der Waals surface area contributed by atoms with Gasteiger partial charge < -0.3 is 9.73 Å². The molecule has 3 aromatic rings. The zero-order chi connectivity index (χ0) is 19.6. The van der Waals surface area contributed by atoms with E-state index in [1.165, 1.54) is 56.6 Å². The highest BCUT2D eigenvalue weighted by molar-refractivity contribution is 7.99. The number of rotatable bonds is 6. The number of thioether (sulfide) groups is 1. The Kier molecular flexibility index (Phi) is 5.49. The second kappa shape index (κ2) is 7.67. The second-order valence-electron chi connectivity index (χ2n) is 5.74. The van der Waals surface area contributed by atoms with Gasteiger partial charge >= 0.3 is 0 Å². The van der Waals surface area contributed by atoms with Gasteiger partial charge in [0.05, 0.1) is 10.6 Å². The number of anilines is 1. The van der Waals surface area contributed by atoms with Gasteiger partial charge in [-0.25, -0.2) is 22.1 Å². The number of sulfonamides is 1. The SMILES string of the molecule is CN(C)S(=O)(=O)c1ccc2oc(SCC(=O)Nc3ccc(F)cc3)nc2c1. The number of oxazole rings is 1. The van der Waals surface area contributed by atoms with Crippen molar-refractivity contribution in [2.24, 2.45) is 0 Å². The number of halogens is 1. The highest BCUT2D eigenvalue weighted by Crippen LogP contribution is 2.26. The highest BCUT2D eigenvalue weighted by Gasteiger charge is 2.19. The summed E-state index contributed by atoms with van der Waals surface area (Å²) in [6, 6.07) is 9.83. The summed E-state index contributed by atoms with van der Waals surface area (Å²) in [4.78, 5) is 16.3. The second-order valence-corrected chi connectivity index (χ2v) is 8.82. The van der Waals surface area contributed by atoms with E-state index >= 15 is 0 Å². The molecule has 10 heteroatoms. The monoisotopic (exact) mass is 409 g/mol. The molecule has 0 bridgehead atoms. The number of carbonyl (C=O) groups is 1. The number of carbonyl (C=O) groups excluding carboxylic acids is 1. The number of benzene rings is 2. The van der Waals surface area contributed by atoms with Crippen molar-refractivity contribution in [2.45, 2.75) is 10.1 Å². The summed E-state index contributed by atoms with van der Waals surface area (Å²) in [5, 5.41) is 2.88. The third-order valence-corrected chi connectivity index (χ3v) is 6.21. The van der Waals surface area contributed by atoms with Gasteiger partial charge in [-0.1, -0.05) is 11.8 Å². The number of hydrogen-bond donors (Lipinski definition) is 1. The van der Waals surface area contributed by atoms with E-state index in [0.717, 1.165) is 16.1 Å². The summed E-state index contributed by atoms with van der Waals surface area (Å²) in [7, 11) is -0.673. The van der Waals surface area contributed by atoms with Gasteiger partial charge in [0, 0.05) is 19.8 Å². The van der Waals surface area contributed by atoms with Crippen LogP contribution in [0.2, 0.25) is 0 Å². The molecule has 0 radical (unpaired) electrons. The number of nitrogens with one attached hydrogen (secondary N) is 1. The first-order chi connectivity index (χ1) is 12.8. The van der Waals surface area contributed by atoms with E-state index in [0.29, 0.717) is 16.8 Å². The van der Waals surface area contributed by atoms with Crippen LogP contribution in [0.25, 0.3) is 11.1 Å². The van der Waals surface area contributed by atoms with Crippen molar-refractivity contribution in [3.63, 3.8) is 0 Å². The third-order valence-electron chi connectivity index (χ3n) is 3.57. The molecule has 0 aliphatic heterocycles. The van der Waals surface area contributed by atoms with Gasteiger partial charge in [0.2, 0.25) is 15.9 Å². The molecule has 2 aromatic carbocycles. The highest BCUT2D eigenvalue weighted by atomic mass is 32.2. The van der Waals surface area contributed by atoms with Crippen molar-refractivity contribution < 1.29 is 22.0 Å². The predicted octanol–water partition coefficient (Wildman–Crippen LogP) is 2.95. The van der Waals surface area contributed by atoms with E-state index in [1.807, 2.05) is 0 Å². The van der Waals surface area contributed by atoms with Crippen LogP contribution in [0.3, 0.4) is 0 Å². The van der Waals surface area contributed by atoms with Gasteiger partial charge in [0.25, 0.3) is 5.22 Å². The summed E-state index contributed by atoms with van der Waals surface area (Å²) in [5.41, 5.74) is 1.30. The van der Waals surface area contributed by atoms with Crippen LogP contribution in [0, 0.1) is 5.82 Å². The molecule has 1 heterocycles. The number of aromatic nitrogens is 1. The average molecular weight is 409 g/mol. The Morgan fingerprint density at radius 2 is 1.93 bits per heavy atom. The number of hydrogen-bond acceptors (Lipinski definition) is 6. The van der Waals surface area contributed by atoms with E-state index < -0.39 is 10.0 Å². The molecule has 0 atom stereocenters. The molecule has 0 unspecified atom stereocenters. The minimum absolute atomic E-state index is 0.0348. The molecule has 1 aromatic heterocycles. The van der Waals surface area contributed by atoms with Crippen LogP contribution in [-0.2, 0) is 14.8 Å². The molecule has 1 amide bonds. The first-order valence-electron chi connectivity index (χ1n) is 7.77. The average Bonchev–Trinajstić information content (AvgIpc) is 3.04. The van der Waals surface area contributed by atoms with Gasteiger partial charge in [0.15, 0.2) is 5.58 Å². The van der Waals surface area contributed by atoms with Crippen molar-refractivity contribution in [1.82, 2.24) is 9.29 Å². The lowest BCUT2D eigenvalue weighted by Gasteiger charge is -2.10. The summed E-state index contributed by atoms with van der Waals surface area (Å²) < 4.78 is 43.9. The Balaban J connectivity index is 1.68. The predicted molar refractivity (Wildman–Crippen MR) is 101 cm³/mol. The van der Waals surface area contributed by atoms with Crippen molar-refractivity contribution in [3.8, 4) is 0 Å². The van der Waals surface area contributed by atoms with Crippen molar-refractivity contribution in [3.05, 3.63) is 48.3 Å². The van der Waals surface area contributed by atoms with Gasteiger partial charge in [0.1, 0.15) is 11.3 Å². The molecule has 0 spiro atoms. The largest absolute Gasteiger partial charge is 0.431 e. The molecule has 0 saturated heterocycles. The molecule has 0 saturated carbocycles. The van der Waals surface area contributed by atoms with E-state index in [9.17, 15) is 17.6 Å². The van der Waals surface area contributed by atoms with Gasteiger partial charge in [-0.2, -0.15) is 0 Å². The fourth-order valence-electron chi connectivity index (χ4n) is 2.18. The Labute approximate surface area is 159 Å². The van der Waals surface area contributed by atoms with E-state index in [4.69, 9.17) is 4.42 Å². The van der Waals surface area contributed by atoms with Crippen LogP contribution < -0.4 is 5.32 Å². The van der Waals surface area contributed by atoms with Crippen LogP contribution in [0.4, 0.5) is 10.1 Å². The quantitative estimate of drug-likeness (QED) is 0.630. The lowest BCUT2D eigenvalue weighted by molar-refractivity contribution is -0.113. The van der Waals surface area contributed by atoms with Crippen molar-refractivity contribution >= 4 is 44.5 Å². The van der Waals surface area contributed by atoms with Crippen LogP contribution in [0.15, 0.2) is 57.0 Å². The van der Waals surface area contributed by atoms with Crippen LogP contribution in [0.5, 0.6) is 0 Å². The first-order valence-corrected chi connectivity index (χ1v) is 10.2. The zero-order valence-corrected chi connectivity index (χ0v) is 16.1. The van der Waals surface area contributed by atoms with Crippen LogP contribution in [0.1, 0.15) is 0 Å². The van der Waals surface area contributed by atoms with E-state index in [2.05, 4.69) is 10.3 Å². The van der Waals surface area contributed by atoms with Crippen LogP contribution in [-0.4, -0.2) is 43.5 Å². The molecule has 0 fully saturated rings. The maximum atomic E-state index is 12.9. The normalized spacial score (nSPS) is 11.9. The smallest absolute Gasteiger partial charge is 0.257 e. The van der Waals surface area contributed by atoms with Crippen molar-refractivity contribution in [1.29, 1.82) is 0 Å². The van der Waals surface area contributed by atoms with Crippen LogP contribution >= 0.6 is 11.8 Å². The summed E-state index contributed by atoms with van der Waals surface area (Å²) in [6.45, 7) is 0. The summed E-state index contributed by atoms with van der Waals surface area (Å²) in [6.07, 6.45) is 0. The molecule has 27 heavy (non-hydrogen) atoms. The van der Waals surface area contributed by atoms with Gasteiger partial charge in [-0.3, -0.25) is 4.79 Å². The molecular formula is C17H16FN3O4S2. The lowest BCUT2D eigenvalue weighted by atomic mass is 10.3. The Bertz CT molecular complexity index is 1080. The third kappa shape index (κ3) is 4.46. The Morgan fingerprint density at radius 3 is 2.59 bits per heavy atom. The standard InChI is InChI=1S/C17H16FN3O4S2/c1-21(2)27(23,24)13-7-8-15-14(9-13)20-17(25-15)26-10-16(22)19-12-5-3-11(18)4-6-12/h3-9H,10H2,1-2H3,(H,19,22). The van der Waals surface area contributed by atoms with Crippen molar-refractivity contribution in [2.75, 3.05) is 25.2 Å². The maximum absolute atomic E-state index is 12.9. The summed E-state index contributed by atoms with van der Waals surface area (Å²) in [5.74, 6) is -0.651. The topological polar surface area (TPSA) is 92.5 Å². The van der Waals surface area contributed by atoms with Gasteiger partial charge in [-0.15, -0.1) is 0 Å². The Hall–Kier alpha value is -2.43. The number of fused-ring (bicyclic) bond motifs is 1. The molecule has 3 rings (SSSR count). The Morgan fingerprint density at radius 1 is 1.22 bits per heavy atom. The number of nitrogens with zero attached hydrogens (tertiary/aromatic N) is 2. The maximum Gasteiger partial charge on any atom is 0.257 e.